The average Bonchev–Trinajstić information content (AvgIpc) is 3.08. The summed E-state index contributed by atoms with van der Waals surface area (Å²) in [6, 6.07) is 10.8. The van der Waals surface area contributed by atoms with Gasteiger partial charge in [-0.2, -0.15) is 0 Å². The summed E-state index contributed by atoms with van der Waals surface area (Å²) < 4.78 is 28.9. The van der Waals surface area contributed by atoms with Gasteiger partial charge in [0.15, 0.2) is 0 Å². The number of methoxy groups -OCH3 is 3. The highest BCUT2D eigenvalue weighted by atomic mass is 32.1. The molecule has 0 aliphatic heterocycles. The molecule has 0 fully saturated rings. The number of aryl methyl sites for hydroxylation is 1. The van der Waals surface area contributed by atoms with E-state index in [0.29, 0.717) is 27.6 Å². The third-order valence-corrected chi connectivity index (χ3v) is 5.51. The van der Waals surface area contributed by atoms with E-state index in [1.54, 1.807) is 30.3 Å². The van der Waals surface area contributed by atoms with E-state index in [0.717, 1.165) is 4.88 Å². The van der Waals surface area contributed by atoms with Crippen LogP contribution in [0.25, 0.3) is 11.1 Å². The lowest BCUT2D eigenvalue weighted by molar-refractivity contribution is 0.0603. The molecule has 0 saturated heterocycles. The van der Waals surface area contributed by atoms with Crippen molar-refractivity contribution in [3.8, 4) is 22.6 Å². The second-order valence-electron chi connectivity index (χ2n) is 6.23. The Bertz CT molecular complexity index is 1070. The van der Waals surface area contributed by atoms with Gasteiger partial charge in [-0.05, 0) is 36.8 Å². The van der Waals surface area contributed by atoms with E-state index in [2.05, 4.69) is 5.32 Å². The number of benzene rings is 2. The van der Waals surface area contributed by atoms with Crippen molar-refractivity contribution in [3.05, 3.63) is 64.3 Å². The van der Waals surface area contributed by atoms with E-state index in [9.17, 15) is 14.0 Å². The number of carbonyl (C=O) groups is 2. The largest absolute Gasteiger partial charge is 0.496 e. The van der Waals surface area contributed by atoms with Crippen LogP contribution >= 0.6 is 11.3 Å². The first-order chi connectivity index (χ1) is 14.4. The molecule has 0 aliphatic carbocycles. The Morgan fingerprint density at radius 2 is 1.53 bits per heavy atom. The van der Waals surface area contributed by atoms with Crippen LogP contribution in [-0.4, -0.2) is 33.2 Å². The van der Waals surface area contributed by atoms with E-state index < -0.39 is 11.9 Å². The van der Waals surface area contributed by atoms with Crippen LogP contribution in [0, 0.1) is 12.7 Å². The predicted molar refractivity (Wildman–Crippen MR) is 113 cm³/mol. The van der Waals surface area contributed by atoms with E-state index in [1.165, 1.54) is 44.8 Å². The summed E-state index contributed by atoms with van der Waals surface area (Å²) in [6.45, 7) is 1.81. The maximum absolute atomic E-state index is 13.4. The van der Waals surface area contributed by atoms with Crippen molar-refractivity contribution in [3.63, 3.8) is 0 Å². The Labute approximate surface area is 177 Å². The maximum Gasteiger partial charge on any atom is 0.341 e. The molecule has 8 heteroatoms. The average molecular weight is 429 g/mol. The number of ether oxygens (including phenoxy) is 3. The zero-order valence-corrected chi connectivity index (χ0v) is 17.7. The first-order valence-corrected chi connectivity index (χ1v) is 9.72. The van der Waals surface area contributed by atoms with Crippen molar-refractivity contribution < 1.29 is 28.2 Å². The zero-order chi connectivity index (χ0) is 21.8. The third-order valence-electron chi connectivity index (χ3n) is 4.49. The van der Waals surface area contributed by atoms with E-state index in [-0.39, 0.29) is 16.9 Å². The Hall–Kier alpha value is -3.39. The molecule has 0 spiro atoms. The van der Waals surface area contributed by atoms with Crippen LogP contribution in [0.5, 0.6) is 11.5 Å². The fourth-order valence-corrected chi connectivity index (χ4v) is 4.19. The molecule has 1 N–H and O–H groups in total. The van der Waals surface area contributed by atoms with Gasteiger partial charge >= 0.3 is 5.97 Å². The first-order valence-electron chi connectivity index (χ1n) is 8.91. The summed E-state index contributed by atoms with van der Waals surface area (Å²) in [5, 5.41) is 3.09. The van der Waals surface area contributed by atoms with Crippen molar-refractivity contribution in [2.24, 2.45) is 0 Å². The van der Waals surface area contributed by atoms with Crippen molar-refractivity contribution >= 4 is 28.2 Å². The molecule has 1 amide bonds. The summed E-state index contributed by atoms with van der Waals surface area (Å²) in [5.41, 5.74) is 1.62. The number of hydrogen-bond donors (Lipinski definition) is 1. The Morgan fingerprint density at radius 3 is 2.07 bits per heavy atom. The third kappa shape index (κ3) is 3.99. The van der Waals surface area contributed by atoms with Crippen LogP contribution < -0.4 is 14.8 Å². The quantitative estimate of drug-likeness (QED) is 0.563. The Balaban J connectivity index is 2.10. The van der Waals surface area contributed by atoms with Crippen molar-refractivity contribution in [1.82, 2.24) is 0 Å². The van der Waals surface area contributed by atoms with Crippen LogP contribution in [0.2, 0.25) is 0 Å². The first kappa shape index (κ1) is 21.3. The molecule has 0 saturated carbocycles. The molecule has 156 valence electrons. The number of rotatable bonds is 6. The lowest BCUT2D eigenvalue weighted by Gasteiger charge is -2.13. The number of hydrogen-bond acceptors (Lipinski definition) is 6. The van der Waals surface area contributed by atoms with Gasteiger partial charge in [-0.25, -0.2) is 9.18 Å². The fourth-order valence-electron chi connectivity index (χ4n) is 3.13. The molecule has 0 atom stereocenters. The number of esters is 1. The zero-order valence-electron chi connectivity index (χ0n) is 16.9. The molecular weight excluding hydrogens is 409 g/mol. The van der Waals surface area contributed by atoms with Gasteiger partial charge in [-0.1, -0.05) is 18.2 Å². The van der Waals surface area contributed by atoms with Gasteiger partial charge in [0, 0.05) is 10.4 Å². The second-order valence-corrected chi connectivity index (χ2v) is 7.45. The van der Waals surface area contributed by atoms with Crippen LogP contribution in [0.15, 0.2) is 42.5 Å². The molecule has 6 nitrogen and oxygen atoms in total. The molecule has 1 aromatic heterocycles. The molecule has 1 heterocycles. The highest BCUT2D eigenvalue weighted by molar-refractivity contribution is 7.17. The number of thiophene rings is 1. The van der Waals surface area contributed by atoms with Crippen molar-refractivity contribution in [2.45, 2.75) is 6.92 Å². The maximum atomic E-state index is 13.4. The minimum Gasteiger partial charge on any atom is -0.496 e. The summed E-state index contributed by atoms with van der Waals surface area (Å²) in [7, 11) is 4.17. The number of amides is 1. The summed E-state index contributed by atoms with van der Waals surface area (Å²) in [6.07, 6.45) is 0. The number of carbonyl (C=O) groups excluding carboxylic acids is 2. The van der Waals surface area contributed by atoms with E-state index in [1.807, 2.05) is 6.92 Å². The molecule has 30 heavy (non-hydrogen) atoms. The molecular formula is C22H20FNO5S. The highest BCUT2D eigenvalue weighted by Crippen LogP contribution is 2.41. The van der Waals surface area contributed by atoms with Crippen LogP contribution in [-0.2, 0) is 4.74 Å². The van der Waals surface area contributed by atoms with Crippen LogP contribution in [0.3, 0.4) is 0 Å². The lowest BCUT2D eigenvalue weighted by Crippen LogP contribution is -2.16. The normalized spacial score (nSPS) is 10.4. The van der Waals surface area contributed by atoms with Gasteiger partial charge in [0.05, 0.1) is 21.3 Å². The fraction of sp³-hybridized carbons (Fsp3) is 0.182. The number of nitrogens with one attached hydrogen (secondary N) is 1. The van der Waals surface area contributed by atoms with Crippen LogP contribution in [0.1, 0.15) is 25.6 Å². The molecule has 0 radical (unpaired) electrons. The van der Waals surface area contributed by atoms with Gasteiger partial charge in [-0.3, -0.25) is 4.79 Å². The van der Waals surface area contributed by atoms with E-state index in [4.69, 9.17) is 14.2 Å². The molecule has 0 aliphatic rings. The van der Waals surface area contributed by atoms with Crippen LogP contribution in [0.4, 0.5) is 9.39 Å². The van der Waals surface area contributed by atoms with Crippen molar-refractivity contribution in [1.29, 1.82) is 0 Å². The minimum absolute atomic E-state index is 0.202. The van der Waals surface area contributed by atoms with Gasteiger partial charge in [0.2, 0.25) is 0 Å². The standard InChI is InChI=1S/C22H20FNO5S/c1-12-17(13-8-10-14(23)11-9-13)19(22(26)29-4)21(30-12)24-20(25)18-15(27-2)6-5-7-16(18)28-3/h5-11H,1-4H3,(H,24,25). The van der Waals surface area contributed by atoms with Crippen molar-refractivity contribution in [2.75, 3.05) is 26.6 Å². The highest BCUT2D eigenvalue weighted by Gasteiger charge is 2.27. The van der Waals surface area contributed by atoms with E-state index >= 15 is 0 Å². The lowest BCUT2D eigenvalue weighted by atomic mass is 10.0. The van der Waals surface area contributed by atoms with Gasteiger partial charge in [0.25, 0.3) is 5.91 Å². The van der Waals surface area contributed by atoms with Gasteiger partial charge in [-0.15, -0.1) is 11.3 Å². The smallest absolute Gasteiger partial charge is 0.341 e. The van der Waals surface area contributed by atoms with Gasteiger partial charge in [0.1, 0.15) is 33.4 Å². The molecule has 3 aromatic rings. The molecule has 0 bridgehead atoms. The minimum atomic E-state index is -0.610. The summed E-state index contributed by atoms with van der Waals surface area (Å²) in [5.74, 6) is -0.831. The monoisotopic (exact) mass is 429 g/mol. The molecule has 0 unspecified atom stereocenters. The Morgan fingerprint density at radius 1 is 0.933 bits per heavy atom. The summed E-state index contributed by atoms with van der Waals surface area (Å²) in [4.78, 5) is 26.4. The Kier molecular flexibility index (Phi) is 6.37. The molecule has 3 rings (SSSR count). The predicted octanol–water partition coefficient (Wildman–Crippen LogP) is 4.92. The van der Waals surface area contributed by atoms with Gasteiger partial charge < -0.3 is 19.5 Å². The SMILES string of the molecule is COC(=O)c1c(NC(=O)c2c(OC)cccc2OC)sc(C)c1-c1ccc(F)cc1. The topological polar surface area (TPSA) is 73.9 Å². The number of anilines is 1. The number of halogens is 1. The molecule has 2 aromatic carbocycles. The summed E-state index contributed by atoms with van der Waals surface area (Å²) >= 11 is 1.23. The second kappa shape index (κ2) is 8.96.